The maximum Gasteiger partial charge on any atom is 2.00 e. The van der Waals surface area contributed by atoms with E-state index in [1.807, 2.05) is 111 Å². The van der Waals surface area contributed by atoms with E-state index in [0.717, 1.165) is 41.1 Å². The topological polar surface area (TPSA) is 342 Å². The molecule has 582 valence electrons. The smallest absolute Gasteiger partial charge is 0.548 e. The molecule has 6 heterocycles. The van der Waals surface area contributed by atoms with Gasteiger partial charge in [-0.05, 0) is 116 Å². The molecule has 0 fully saturated rings. The van der Waals surface area contributed by atoms with E-state index in [2.05, 4.69) is 9.97 Å². The van der Waals surface area contributed by atoms with Crippen LogP contribution in [0.1, 0.15) is 166 Å². The Kier molecular flexibility index (Phi) is 27.2. The number of hydrogen-bond donors (Lipinski definition) is 0. The maximum atomic E-state index is 12.8. The fourth-order valence-corrected chi connectivity index (χ4v) is 13.8. The molecule has 2 aromatic heterocycles. The summed E-state index contributed by atoms with van der Waals surface area (Å²) in [6.07, 6.45) is 7.15. The van der Waals surface area contributed by atoms with Crippen LogP contribution >= 0.6 is 0 Å². The van der Waals surface area contributed by atoms with Gasteiger partial charge in [0.25, 0.3) is 47.3 Å². The number of hydrogen-bond acceptors (Lipinski definition) is 20. The van der Waals surface area contributed by atoms with Gasteiger partial charge in [-0.15, -0.1) is 0 Å². The van der Waals surface area contributed by atoms with E-state index < -0.39 is 117 Å². The van der Waals surface area contributed by atoms with Crippen LogP contribution in [0, 0.1) is 21.7 Å². The van der Waals surface area contributed by atoms with E-state index in [1.54, 1.807) is 205 Å². The first kappa shape index (κ1) is 87.6. The number of benzene rings is 8. The fraction of sp³-hybridized carbons (Fsp3) is 0.279. The average Bonchev–Trinajstić information content (AvgIpc) is 0.755. The molecule has 4 aliphatic rings. The van der Waals surface area contributed by atoms with Crippen LogP contribution in [0.3, 0.4) is 0 Å². The molecule has 10 aromatic rings. The molecule has 4 aliphatic heterocycles. The molecule has 0 unspecified atom stereocenters. The second kappa shape index (κ2) is 34.8. The van der Waals surface area contributed by atoms with Crippen LogP contribution in [0.15, 0.2) is 195 Å². The largest absolute Gasteiger partial charge is 2.00 e. The molecular weight excluding hydrogens is 1610 g/mol. The third-order valence-electron chi connectivity index (χ3n) is 18.8. The molecule has 24 nitrogen and oxygen atoms in total. The van der Waals surface area contributed by atoms with Gasteiger partial charge >= 0.3 is 39.0 Å². The number of carboxylic acid groups (broad SMARTS) is 4. The number of carboxylic acids is 4. The number of imide groups is 4. The quantitative estimate of drug-likeness (QED) is 0.0912. The van der Waals surface area contributed by atoms with Crippen molar-refractivity contribution in [1.29, 1.82) is 0 Å². The minimum atomic E-state index is -1.44. The molecule has 26 heteroatoms. The van der Waals surface area contributed by atoms with Crippen molar-refractivity contribution in [2.24, 2.45) is 21.7 Å². The summed E-state index contributed by atoms with van der Waals surface area (Å²) in [5.74, 6) is -10.5. The zero-order valence-corrected chi connectivity index (χ0v) is 67.8. The summed E-state index contributed by atoms with van der Waals surface area (Å²) in [4.78, 5) is 164. The molecule has 0 N–H and O–H groups in total. The van der Waals surface area contributed by atoms with Crippen LogP contribution in [0.2, 0.25) is 0 Å². The third-order valence-corrected chi connectivity index (χ3v) is 18.8. The standard InChI is InChI=1S/4C18H17NO4.2C7H10N2.2Rh/c4*1-18(2,3)14(17(22)23)19-15(20)11-8-4-6-10-7-5-9-12(13(10)11)16(19)21;2*1-9(2)7-3-5-8-6-4-7;;/h4*4-9,14H,1-3H3,(H,22,23);2*3-6H,1-2H3;;/q;;;;;;2*+2/p-4/t4*14-;;;;/m1111..../s1. The zero-order chi connectivity index (χ0) is 81.1. The Balaban J connectivity index is 0.000000192. The second-order valence-electron chi connectivity index (χ2n) is 31.3. The Labute approximate surface area is 673 Å². The number of pyridine rings is 2. The Morgan fingerprint density at radius 3 is 0.527 bits per heavy atom. The summed E-state index contributed by atoms with van der Waals surface area (Å²) >= 11 is 0. The molecule has 0 saturated carbocycles. The van der Waals surface area contributed by atoms with Gasteiger partial charge in [0, 0.05) is 130 Å². The first-order valence-corrected chi connectivity index (χ1v) is 35.1. The minimum absolute atomic E-state index is 0. The Morgan fingerprint density at radius 2 is 0.420 bits per heavy atom. The van der Waals surface area contributed by atoms with Crippen LogP contribution in [0.4, 0.5) is 11.4 Å². The number of anilines is 2. The van der Waals surface area contributed by atoms with Gasteiger partial charge in [0.15, 0.2) is 0 Å². The monoisotopic (exact) mass is 1690 g/mol. The van der Waals surface area contributed by atoms with E-state index in [1.165, 1.54) is 11.4 Å². The number of carbonyl (C=O) groups excluding carboxylic acids is 12. The predicted molar refractivity (Wildman–Crippen MR) is 408 cm³/mol. The number of rotatable bonds is 10. The van der Waals surface area contributed by atoms with E-state index in [0.29, 0.717) is 66.1 Å². The zero-order valence-electron chi connectivity index (χ0n) is 64.6. The maximum absolute atomic E-state index is 12.8. The summed E-state index contributed by atoms with van der Waals surface area (Å²) in [6.45, 7) is 19.9. The molecule has 4 atom stereocenters. The molecule has 0 bridgehead atoms. The average molecular weight is 1690 g/mol. The number of nitrogens with zero attached hydrogens (tertiary/aromatic N) is 8. The molecule has 0 saturated heterocycles. The van der Waals surface area contributed by atoms with E-state index in [4.69, 9.17) is 0 Å². The number of carbonyl (C=O) groups is 12. The van der Waals surface area contributed by atoms with Crippen LogP contribution in [-0.2, 0) is 58.1 Å². The minimum Gasteiger partial charge on any atom is -0.548 e. The molecule has 8 aromatic carbocycles. The molecule has 0 spiro atoms. The second-order valence-corrected chi connectivity index (χ2v) is 31.3. The van der Waals surface area contributed by atoms with Crippen LogP contribution < -0.4 is 30.2 Å². The van der Waals surface area contributed by atoms with Crippen molar-refractivity contribution >= 4 is 126 Å². The van der Waals surface area contributed by atoms with Crippen molar-refractivity contribution in [2.45, 2.75) is 107 Å². The van der Waals surface area contributed by atoms with Gasteiger partial charge in [0.1, 0.15) is 0 Å². The number of amides is 8. The van der Waals surface area contributed by atoms with Gasteiger partial charge in [-0.3, -0.25) is 67.9 Å². The van der Waals surface area contributed by atoms with Gasteiger partial charge < -0.3 is 49.4 Å². The summed E-state index contributed by atoms with van der Waals surface area (Å²) in [5.41, 5.74) is 1.73. The molecule has 14 rings (SSSR count). The Hall–Kier alpha value is -11.6. The van der Waals surface area contributed by atoms with Crippen molar-refractivity contribution in [3.63, 3.8) is 0 Å². The number of aliphatic carboxylic acids is 4. The summed E-state index contributed by atoms with van der Waals surface area (Å²) in [7, 11) is 8.04. The van der Waals surface area contributed by atoms with Crippen LogP contribution in [-0.4, -0.2) is 153 Å². The van der Waals surface area contributed by atoms with Gasteiger partial charge in [-0.25, -0.2) is 0 Å². The SMILES string of the molecule is CC(C)(C)[C@@H](C(=O)[O-])N1C(=O)c2cccc3cccc(c23)C1=O.CC(C)(C)[C@@H](C(=O)[O-])N1C(=O)c2cccc3cccc(c23)C1=O.CC(C)(C)[C@@H](C(=O)[O-])N1C(=O)c2cccc3cccc(c23)C1=O.CC(C)(C)[C@@H](C(=O)[O-])N1C(=O)c2cccc3cccc(c23)C1=O.CN(C)c1ccncc1.CN(C)c1ccncc1.[Rh+2].[Rh+2]. The van der Waals surface area contributed by atoms with Crippen molar-refractivity contribution in [3.05, 3.63) is 239 Å². The predicted octanol–water partition coefficient (Wildman–Crippen LogP) is 8.69. The van der Waals surface area contributed by atoms with Crippen molar-refractivity contribution in [1.82, 2.24) is 29.6 Å². The van der Waals surface area contributed by atoms with Crippen LogP contribution in [0.5, 0.6) is 0 Å². The van der Waals surface area contributed by atoms with Gasteiger partial charge in [0.2, 0.25) is 0 Å². The molecule has 8 amide bonds. The molecule has 2 radical (unpaired) electrons. The van der Waals surface area contributed by atoms with Gasteiger partial charge in [-0.1, -0.05) is 180 Å². The number of aromatic nitrogens is 2. The fourth-order valence-electron chi connectivity index (χ4n) is 13.8. The van der Waals surface area contributed by atoms with E-state index in [9.17, 15) is 78.0 Å². The molecule has 112 heavy (non-hydrogen) atoms. The molecular formula is C86H84N8O16Rh2. The van der Waals surface area contributed by atoms with Gasteiger partial charge in [0.05, 0.1) is 48.0 Å². The summed E-state index contributed by atoms with van der Waals surface area (Å²) < 4.78 is 0. The third kappa shape index (κ3) is 17.9. The van der Waals surface area contributed by atoms with E-state index >= 15 is 0 Å². The Bertz CT molecular complexity index is 4540. The van der Waals surface area contributed by atoms with Crippen molar-refractivity contribution in [2.75, 3.05) is 38.0 Å². The van der Waals surface area contributed by atoms with Crippen LogP contribution in [0.25, 0.3) is 43.1 Å². The normalized spacial score (nSPS) is 14.5. The molecule has 0 aliphatic carbocycles. The van der Waals surface area contributed by atoms with Crippen molar-refractivity contribution < 1.29 is 117 Å². The first-order chi connectivity index (χ1) is 51.5. The Morgan fingerprint density at radius 1 is 0.277 bits per heavy atom. The summed E-state index contributed by atoms with van der Waals surface area (Å²) in [6, 6.07) is 43.7. The van der Waals surface area contributed by atoms with Gasteiger partial charge in [-0.2, -0.15) is 0 Å². The first-order valence-electron chi connectivity index (χ1n) is 35.1. The summed E-state index contributed by atoms with van der Waals surface area (Å²) in [5, 5.41) is 52.0. The van der Waals surface area contributed by atoms with Crippen molar-refractivity contribution in [3.8, 4) is 0 Å². The van der Waals surface area contributed by atoms with E-state index in [-0.39, 0.29) is 39.0 Å².